The smallest absolute Gasteiger partial charge is 0.199 e. The van der Waals surface area contributed by atoms with Crippen LogP contribution in [-0.2, 0) is 5.92 Å². The van der Waals surface area contributed by atoms with Crippen LogP contribution < -0.4 is 0 Å². The molecule has 1 aliphatic carbocycles. The van der Waals surface area contributed by atoms with E-state index in [0.717, 1.165) is 24.3 Å². The molecule has 0 unspecified atom stereocenters. The summed E-state index contributed by atoms with van der Waals surface area (Å²) in [7, 11) is 0. The third-order valence-corrected chi connectivity index (χ3v) is 6.58. The maximum Gasteiger partial charge on any atom is 0.335 e. The van der Waals surface area contributed by atoms with Gasteiger partial charge in [-0.25, -0.2) is 0 Å². The zero-order valence-corrected chi connectivity index (χ0v) is 18.2. The molecule has 0 amide bonds. The summed E-state index contributed by atoms with van der Waals surface area (Å²) in [5.41, 5.74) is 0.442. The molecule has 0 spiro atoms. The first kappa shape index (κ1) is 24.2. The van der Waals surface area contributed by atoms with Crippen LogP contribution in [0.2, 0.25) is 0 Å². The van der Waals surface area contributed by atoms with Crippen LogP contribution in [-0.4, -0.2) is 5.92 Å². The summed E-state index contributed by atoms with van der Waals surface area (Å²) in [5, 5.41) is 0. The van der Waals surface area contributed by atoms with Crippen LogP contribution in [0.1, 0.15) is 114 Å². The number of unbranched alkanes of at least 4 members (excludes halogenated alkanes) is 5. The first-order valence-electron chi connectivity index (χ1n) is 11.7. The molecule has 0 heterocycles. The zero-order valence-electron chi connectivity index (χ0n) is 18.2. The Morgan fingerprint density at radius 3 is 1.93 bits per heavy atom. The fraction of sp³-hybridized carbons (Fsp3) is 0.760. The highest BCUT2D eigenvalue weighted by Gasteiger charge is 2.56. The van der Waals surface area contributed by atoms with Gasteiger partial charge in [-0.2, -0.15) is 17.6 Å². The van der Waals surface area contributed by atoms with Crippen molar-refractivity contribution >= 4 is 0 Å². The average Bonchev–Trinajstić information content (AvgIpc) is 2.71. The van der Waals surface area contributed by atoms with E-state index in [0.29, 0.717) is 5.92 Å². The molecule has 1 aromatic carbocycles. The van der Waals surface area contributed by atoms with E-state index in [-0.39, 0.29) is 6.42 Å². The van der Waals surface area contributed by atoms with Crippen LogP contribution in [0, 0.1) is 5.92 Å². The van der Waals surface area contributed by atoms with E-state index >= 15 is 0 Å². The predicted octanol–water partition coefficient (Wildman–Crippen LogP) is 9.24. The summed E-state index contributed by atoms with van der Waals surface area (Å²) < 4.78 is 56.1. The molecule has 0 bridgehead atoms. The predicted molar refractivity (Wildman–Crippen MR) is 113 cm³/mol. The molecule has 0 aromatic heterocycles. The van der Waals surface area contributed by atoms with E-state index < -0.39 is 23.8 Å². The van der Waals surface area contributed by atoms with Gasteiger partial charge in [0.1, 0.15) is 0 Å². The topological polar surface area (TPSA) is 0 Å². The molecular formula is C25H38F4. The van der Waals surface area contributed by atoms with Crippen molar-refractivity contribution in [3.63, 3.8) is 0 Å². The Labute approximate surface area is 174 Å². The van der Waals surface area contributed by atoms with Gasteiger partial charge in [0.2, 0.25) is 0 Å². The van der Waals surface area contributed by atoms with Crippen LogP contribution >= 0.6 is 0 Å². The van der Waals surface area contributed by atoms with E-state index in [9.17, 15) is 17.6 Å². The van der Waals surface area contributed by atoms with Crippen LogP contribution in [0.4, 0.5) is 17.6 Å². The number of benzene rings is 1. The lowest BCUT2D eigenvalue weighted by Gasteiger charge is -2.30. The fourth-order valence-corrected chi connectivity index (χ4v) is 4.64. The van der Waals surface area contributed by atoms with Crippen molar-refractivity contribution in [3.8, 4) is 0 Å². The molecule has 4 heteroatoms. The van der Waals surface area contributed by atoms with E-state index in [1.54, 1.807) is 12.1 Å². The molecule has 0 atom stereocenters. The molecule has 1 aromatic rings. The lowest BCUT2D eigenvalue weighted by molar-refractivity contribution is -0.219. The molecule has 0 radical (unpaired) electrons. The molecule has 0 saturated heterocycles. The average molecular weight is 415 g/mol. The van der Waals surface area contributed by atoms with Crippen molar-refractivity contribution in [1.29, 1.82) is 0 Å². The van der Waals surface area contributed by atoms with E-state index in [4.69, 9.17) is 0 Å². The van der Waals surface area contributed by atoms with Gasteiger partial charge >= 0.3 is 11.8 Å². The highest BCUT2D eigenvalue weighted by molar-refractivity contribution is 5.29. The molecule has 0 N–H and O–H groups in total. The van der Waals surface area contributed by atoms with E-state index in [1.165, 1.54) is 76.8 Å². The monoisotopic (exact) mass is 414 g/mol. The van der Waals surface area contributed by atoms with Gasteiger partial charge in [-0.15, -0.1) is 0 Å². The van der Waals surface area contributed by atoms with Gasteiger partial charge < -0.3 is 0 Å². The Morgan fingerprint density at radius 2 is 1.34 bits per heavy atom. The second-order valence-electron chi connectivity index (χ2n) is 8.92. The third kappa shape index (κ3) is 6.72. The van der Waals surface area contributed by atoms with Gasteiger partial charge in [0.15, 0.2) is 0 Å². The lowest BCUT2D eigenvalue weighted by atomic mass is 9.77. The molecule has 0 nitrogen and oxygen atoms in total. The summed E-state index contributed by atoms with van der Waals surface area (Å²) in [6, 6.07) is 5.70. The zero-order chi connectivity index (χ0) is 21.3. The molecule has 1 aliphatic rings. The summed E-state index contributed by atoms with van der Waals surface area (Å²) in [6.45, 7) is 3.73. The van der Waals surface area contributed by atoms with Crippen molar-refractivity contribution in [3.05, 3.63) is 35.4 Å². The third-order valence-electron chi connectivity index (χ3n) is 6.58. The normalized spacial score (nSPS) is 20.8. The molecule has 166 valence electrons. The van der Waals surface area contributed by atoms with Gasteiger partial charge in [0.05, 0.1) is 0 Å². The first-order valence-corrected chi connectivity index (χ1v) is 11.7. The van der Waals surface area contributed by atoms with Crippen LogP contribution in [0.3, 0.4) is 0 Å². The van der Waals surface area contributed by atoms with Crippen LogP contribution in [0.5, 0.6) is 0 Å². The number of rotatable bonds is 12. The highest BCUT2D eigenvalue weighted by Crippen LogP contribution is 2.46. The number of hydrogen-bond donors (Lipinski definition) is 0. The minimum atomic E-state index is -4.11. The standard InChI is InChI=1S/C25H38F4/c1-3-5-6-7-8-9-10-20-11-13-21(14-12-20)22-15-17-23(18-16-22)25(28,29)24(26,27)19-4-2/h15-18,20-21H,3-14,19H2,1-2H3/t20-,21-. The SMILES string of the molecule is CCCCCCCC[C@H]1CC[C@H](c2ccc(C(F)(F)C(F)(F)CCC)cc2)CC1. The Hall–Kier alpha value is -1.06. The molecule has 29 heavy (non-hydrogen) atoms. The maximum absolute atomic E-state index is 14.2. The van der Waals surface area contributed by atoms with Gasteiger partial charge in [-0.3, -0.25) is 0 Å². The Kier molecular flexibility index (Phi) is 9.49. The molecule has 0 aliphatic heterocycles. The van der Waals surface area contributed by atoms with Crippen molar-refractivity contribution in [1.82, 2.24) is 0 Å². The minimum absolute atomic E-state index is 0.0304. The maximum atomic E-state index is 14.2. The lowest BCUT2D eigenvalue weighted by Crippen LogP contribution is -2.37. The second kappa shape index (κ2) is 11.4. The quantitative estimate of drug-likeness (QED) is 0.236. The summed E-state index contributed by atoms with van der Waals surface area (Å²) in [5.74, 6) is -6.96. The van der Waals surface area contributed by atoms with Crippen molar-refractivity contribution in [2.45, 2.75) is 115 Å². The summed E-state index contributed by atoms with van der Waals surface area (Å²) in [6.07, 6.45) is 13.0. The Balaban J connectivity index is 1.81. The fourth-order valence-electron chi connectivity index (χ4n) is 4.64. The Bertz CT molecular complexity index is 571. The largest absolute Gasteiger partial charge is 0.335 e. The summed E-state index contributed by atoms with van der Waals surface area (Å²) >= 11 is 0. The first-order chi connectivity index (χ1) is 13.8. The Morgan fingerprint density at radius 1 is 0.759 bits per heavy atom. The van der Waals surface area contributed by atoms with Crippen molar-refractivity contribution < 1.29 is 17.6 Å². The van der Waals surface area contributed by atoms with Crippen LogP contribution in [0.15, 0.2) is 24.3 Å². The number of alkyl halides is 4. The van der Waals surface area contributed by atoms with Gasteiger partial charge in [0, 0.05) is 12.0 Å². The summed E-state index contributed by atoms with van der Waals surface area (Å²) in [4.78, 5) is 0. The molecule has 2 rings (SSSR count). The van der Waals surface area contributed by atoms with Crippen molar-refractivity contribution in [2.75, 3.05) is 0 Å². The van der Waals surface area contributed by atoms with Gasteiger partial charge in [-0.1, -0.05) is 89.5 Å². The van der Waals surface area contributed by atoms with E-state index in [1.807, 2.05) is 0 Å². The van der Waals surface area contributed by atoms with Gasteiger partial charge in [0.25, 0.3) is 0 Å². The highest BCUT2D eigenvalue weighted by atomic mass is 19.3. The van der Waals surface area contributed by atoms with Crippen molar-refractivity contribution in [2.24, 2.45) is 5.92 Å². The number of halogens is 4. The molecular weight excluding hydrogens is 376 g/mol. The molecule has 1 fully saturated rings. The van der Waals surface area contributed by atoms with E-state index in [2.05, 4.69) is 6.92 Å². The number of hydrogen-bond acceptors (Lipinski definition) is 0. The van der Waals surface area contributed by atoms with Gasteiger partial charge in [-0.05, 0) is 43.1 Å². The minimum Gasteiger partial charge on any atom is -0.199 e. The molecule has 1 saturated carbocycles. The second-order valence-corrected chi connectivity index (χ2v) is 8.92. The van der Waals surface area contributed by atoms with Crippen LogP contribution in [0.25, 0.3) is 0 Å².